The lowest BCUT2D eigenvalue weighted by Crippen LogP contribution is -2.77. The fourth-order valence-corrected chi connectivity index (χ4v) is 8.88. The van der Waals surface area contributed by atoms with E-state index >= 15 is 0 Å². The van der Waals surface area contributed by atoms with Crippen LogP contribution >= 0.6 is 0 Å². The minimum atomic E-state index is -2.19. The Morgan fingerprint density at radius 2 is 1.34 bits per heavy atom. The van der Waals surface area contributed by atoms with E-state index < -0.39 is 49.4 Å². The molecular formula is C36H43NO6Si. The Morgan fingerprint density at radius 1 is 0.841 bits per heavy atom. The monoisotopic (exact) mass is 613 g/mol. The van der Waals surface area contributed by atoms with Crippen LogP contribution in [0.5, 0.6) is 0 Å². The number of β-lactam (4-membered cyclic amide) rings is 1. The number of allylic oxidation sites excluding steroid dienone is 1. The van der Waals surface area contributed by atoms with Gasteiger partial charge in [-0.05, 0) is 44.4 Å². The van der Waals surface area contributed by atoms with Gasteiger partial charge in [-0.25, -0.2) is 0 Å². The summed E-state index contributed by atoms with van der Waals surface area (Å²) in [4.78, 5) is 12.9. The number of hydrogen-bond acceptors (Lipinski definition) is 6. The van der Waals surface area contributed by atoms with E-state index in [9.17, 15) is 4.79 Å². The van der Waals surface area contributed by atoms with E-state index in [1.54, 1.807) is 0 Å². The van der Waals surface area contributed by atoms with Crippen LogP contribution in [0, 0.1) is 0 Å². The van der Waals surface area contributed by atoms with Gasteiger partial charge in [-0.3, -0.25) is 4.79 Å². The minimum Gasteiger partial charge on any atom is -0.358 e. The third-order valence-corrected chi connectivity index (χ3v) is 11.4. The first-order valence-corrected chi connectivity index (χ1v) is 18.9. The number of ether oxygens (including phenoxy) is 5. The highest BCUT2D eigenvalue weighted by molar-refractivity contribution is 6.81. The number of nitrogens with one attached hydrogen (secondary N) is 1. The average molecular weight is 614 g/mol. The van der Waals surface area contributed by atoms with Crippen LogP contribution in [0.3, 0.4) is 0 Å². The second kappa shape index (κ2) is 11.4. The fourth-order valence-electron chi connectivity index (χ4n) is 6.79. The molecule has 0 spiro atoms. The Balaban J connectivity index is 1.41. The highest BCUT2D eigenvalue weighted by Crippen LogP contribution is 2.47. The van der Waals surface area contributed by atoms with Gasteiger partial charge in [-0.2, -0.15) is 0 Å². The van der Waals surface area contributed by atoms with Gasteiger partial charge in [0.1, 0.15) is 32.0 Å². The van der Waals surface area contributed by atoms with Gasteiger partial charge in [0.2, 0.25) is 0 Å². The molecule has 0 aromatic heterocycles. The van der Waals surface area contributed by atoms with Gasteiger partial charge in [-0.1, -0.05) is 116 Å². The number of carbonyl (C=O) groups excluding carboxylic acids is 1. The van der Waals surface area contributed by atoms with Crippen molar-refractivity contribution in [1.82, 2.24) is 5.32 Å². The maximum atomic E-state index is 12.9. The zero-order chi connectivity index (χ0) is 31.3. The van der Waals surface area contributed by atoms with E-state index in [2.05, 4.69) is 61.4 Å². The SMILES string of the molecule is CC(C)=C1C(=O)N[C@]1(O[C@@H]1[C@H]2OC(C)(C)O[C@H]2O[C@@H]1COC(c1ccccc1)(c1ccccc1)c1ccccc1)[Si](C)(C)C. The first-order valence-electron chi connectivity index (χ1n) is 15.4. The zero-order valence-corrected chi connectivity index (χ0v) is 27.6. The van der Waals surface area contributed by atoms with Crippen molar-refractivity contribution in [2.75, 3.05) is 6.61 Å². The van der Waals surface area contributed by atoms with Gasteiger partial charge < -0.3 is 29.0 Å². The Labute approximate surface area is 261 Å². The average Bonchev–Trinajstić information content (AvgIpc) is 3.44. The summed E-state index contributed by atoms with van der Waals surface area (Å²) in [5, 5.41) is 2.28. The first kappa shape index (κ1) is 30.9. The first-order chi connectivity index (χ1) is 20.9. The molecule has 0 radical (unpaired) electrons. The Kier molecular flexibility index (Phi) is 7.97. The summed E-state index contributed by atoms with van der Waals surface area (Å²) in [5.41, 5.74) is 3.71. The topological polar surface area (TPSA) is 75.3 Å². The number of amides is 1. The second-order valence-corrected chi connectivity index (χ2v) is 18.8. The quantitative estimate of drug-likeness (QED) is 0.132. The molecule has 232 valence electrons. The maximum absolute atomic E-state index is 12.9. The molecule has 3 fully saturated rings. The summed E-state index contributed by atoms with van der Waals surface area (Å²) < 4.78 is 33.5. The van der Waals surface area contributed by atoms with E-state index in [1.807, 2.05) is 82.3 Å². The second-order valence-electron chi connectivity index (χ2n) is 13.6. The number of benzene rings is 3. The van der Waals surface area contributed by atoms with E-state index in [0.29, 0.717) is 5.57 Å². The van der Waals surface area contributed by atoms with Gasteiger partial charge in [0.15, 0.2) is 17.4 Å². The smallest absolute Gasteiger partial charge is 0.253 e. The van der Waals surface area contributed by atoms with Gasteiger partial charge in [0.25, 0.3) is 5.91 Å². The predicted octanol–water partition coefficient (Wildman–Crippen LogP) is 6.30. The fraction of sp³-hybridized carbons (Fsp3) is 0.417. The summed E-state index contributed by atoms with van der Waals surface area (Å²) in [6, 6.07) is 30.8. The lowest BCUT2D eigenvalue weighted by Gasteiger charge is -2.54. The molecule has 5 atom stereocenters. The molecule has 3 aliphatic rings. The van der Waals surface area contributed by atoms with Crippen LogP contribution < -0.4 is 5.32 Å². The summed E-state index contributed by atoms with van der Waals surface area (Å²) in [7, 11) is -2.19. The molecule has 0 aliphatic carbocycles. The van der Waals surface area contributed by atoms with Gasteiger partial charge in [0.05, 0.1) is 12.2 Å². The van der Waals surface area contributed by atoms with Crippen molar-refractivity contribution in [2.45, 2.75) is 88.7 Å². The van der Waals surface area contributed by atoms with Crippen molar-refractivity contribution in [3.8, 4) is 0 Å². The lowest BCUT2D eigenvalue weighted by atomic mass is 9.80. The molecule has 3 saturated heterocycles. The molecule has 0 bridgehead atoms. The molecule has 3 aromatic carbocycles. The third-order valence-electron chi connectivity index (χ3n) is 8.83. The molecule has 0 saturated carbocycles. The van der Waals surface area contributed by atoms with Gasteiger partial charge >= 0.3 is 0 Å². The number of fused-ring (bicyclic) bond motifs is 1. The zero-order valence-electron chi connectivity index (χ0n) is 26.6. The Morgan fingerprint density at radius 3 is 1.77 bits per heavy atom. The lowest BCUT2D eigenvalue weighted by molar-refractivity contribution is -0.234. The number of carbonyl (C=O) groups is 1. The molecule has 0 unspecified atom stereocenters. The Bertz CT molecular complexity index is 1420. The van der Waals surface area contributed by atoms with Gasteiger partial charge in [0, 0.05) is 0 Å². The largest absolute Gasteiger partial charge is 0.358 e. The van der Waals surface area contributed by atoms with E-state index in [-0.39, 0.29) is 12.5 Å². The third kappa shape index (κ3) is 5.17. The van der Waals surface area contributed by atoms with Crippen LogP contribution in [-0.2, 0) is 34.1 Å². The van der Waals surface area contributed by atoms with Crippen LogP contribution in [0.15, 0.2) is 102 Å². The van der Waals surface area contributed by atoms with Crippen molar-refractivity contribution >= 4 is 14.0 Å². The normalized spacial score (nSPS) is 27.9. The molecule has 7 nitrogen and oxygen atoms in total. The summed E-state index contributed by atoms with van der Waals surface area (Å²) in [6.45, 7) is 14.5. The molecule has 3 aliphatic heterocycles. The molecule has 6 rings (SSSR count). The number of hydrogen-bond donors (Lipinski definition) is 1. The van der Waals surface area contributed by atoms with Crippen molar-refractivity contribution in [2.24, 2.45) is 0 Å². The van der Waals surface area contributed by atoms with Crippen LogP contribution in [0.2, 0.25) is 19.6 Å². The van der Waals surface area contributed by atoms with Crippen molar-refractivity contribution in [3.05, 3.63) is 119 Å². The van der Waals surface area contributed by atoms with Gasteiger partial charge in [-0.15, -0.1) is 0 Å². The van der Waals surface area contributed by atoms with E-state index in [0.717, 1.165) is 22.3 Å². The highest BCUT2D eigenvalue weighted by Gasteiger charge is 2.64. The maximum Gasteiger partial charge on any atom is 0.253 e. The van der Waals surface area contributed by atoms with Crippen molar-refractivity contribution in [1.29, 1.82) is 0 Å². The van der Waals surface area contributed by atoms with Crippen molar-refractivity contribution < 1.29 is 28.5 Å². The van der Waals surface area contributed by atoms with E-state index in [1.165, 1.54) is 0 Å². The summed E-state index contributed by atoms with van der Waals surface area (Å²) >= 11 is 0. The highest BCUT2D eigenvalue weighted by atomic mass is 28.3. The molecule has 3 aromatic rings. The minimum absolute atomic E-state index is 0.0872. The molecule has 3 heterocycles. The Hall–Kier alpha value is -3.11. The molecule has 1 N–H and O–H groups in total. The molecular weight excluding hydrogens is 570 g/mol. The van der Waals surface area contributed by atoms with Crippen LogP contribution in [-0.4, -0.2) is 56.3 Å². The number of rotatable bonds is 9. The van der Waals surface area contributed by atoms with Crippen LogP contribution in [0.4, 0.5) is 0 Å². The van der Waals surface area contributed by atoms with Crippen LogP contribution in [0.1, 0.15) is 44.4 Å². The molecule has 44 heavy (non-hydrogen) atoms. The standard InChI is InChI=1S/C36H43NO6Si/c1-24(2)29-32(38)37-36(29,44(5,6)7)42-30-28(40-33-31(30)41-34(3,4)43-33)23-39-35(25-17-11-8-12-18-25,26-19-13-9-14-20-26)27-21-15-10-16-22-27/h8-22,28,30-31,33H,23H2,1-7H3,(H,37,38)/t28-,30+,31-,33-,36-/m1/s1. The van der Waals surface area contributed by atoms with Crippen LogP contribution in [0.25, 0.3) is 0 Å². The predicted molar refractivity (Wildman–Crippen MR) is 171 cm³/mol. The molecule has 8 heteroatoms. The van der Waals surface area contributed by atoms with E-state index in [4.69, 9.17) is 23.7 Å². The summed E-state index contributed by atoms with van der Waals surface area (Å²) in [5.74, 6) is -0.921. The molecule has 1 amide bonds. The van der Waals surface area contributed by atoms with Crippen molar-refractivity contribution in [3.63, 3.8) is 0 Å². The summed E-state index contributed by atoms with van der Waals surface area (Å²) in [6.07, 6.45) is -2.24.